The molecule has 0 bridgehead atoms. The molecule has 0 radical (unpaired) electrons. The lowest BCUT2D eigenvalue weighted by atomic mass is 10.1. The molecule has 2 heterocycles. The second kappa shape index (κ2) is 7.42. The summed E-state index contributed by atoms with van der Waals surface area (Å²) < 4.78 is 6.28. The van der Waals surface area contributed by atoms with Crippen LogP contribution >= 0.6 is 15.9 Å². The molecule has 0 unspecified atom stereocenters. The monoisotopic (exact) mass is 382 g/mol. The Hall–Kier alpha value is -1.44. The molecule has 2 atom stereocenters. The number of nitrogens with one attached hydrogen (secondary N) is 1. The van der Waals surface area contributed by atoms with Crippen LogP contribution in [0.2, 0.25) is 0 Å². The van der Waals surface area contributed by atoms with Gasteiger partial charge in [-0.2, -0.15) is 0 Å². The summed E-state index contributed by atoms with van der Waals surface area (Å²) in [7, 11) is 0. The fourth-order valence-corrected chi connectivity index (χ4v) is 3.21. The smallest absolute Gasteiger partial charge is 0.256 e. The number of hydrogen-bond donors (Lipinski definition) is 1. The highest BCUT2D eigenvalue weighted by molar-refractivity contribution is 9.10. The second-order valence-electron chi connectivity index (χ2n) is 5.69. The van der Waals surface area contributed by atoms with Gasteiger partial charge in [0.1, 0.15) is 5.92 Å². The highest BCUT2D eigenvalue weighted by atomic mass is 79.9. The van der Waals surface area contributed by atoms with E-state index in [1.165, 1.54) is 0 Å². The minimum absolute atomic E-state index is 0.200. The van der Waals surface area contributed by atoms with Crippen molar-refractivity contribution < 1.29 is 19.2 Å². The van der Waals surface area contributed by atoms with Crippen LogP contribution in [0.4, 0.5) is 5.69 Å². The molecule has 0 saturated carbocycles. The van der Waals surface area contributed by atoms with Crippen LogP contribution < -0.4 is 10.4 Å². The van der Waals surface area contributed by atoms with E-state index < -0.39 is 18.1 Å². The van der Waals surface area contributed by atoms with Crippen LogP contribution in [-0.4, -0.2) is 31.3 Å². The number of nitrogens with zero attached hydrogens (tertiary/aromatic N) is 1. The Kier molecular flexibility index (Phi) is 5.30. The molecule has 124 valence electrons. The van der Waals surface area contributed by atoms with Crippen LogP contribution in [-0.2, 0) is 19.2 Å². The van der Waals surface area contributed by atoms with Crippen LogP contribution in [0, 0.1) is 5.92 Å². The molecule has 1 aromatic carbocycles. The quantitative estimate of drug-likeness (QED) is 0.641. The molecule has 2 fully saturated rings. The van der Waals surface area contributed by atoms with E-state index in [4.69, 9.17) is 9.57 Å². The first-order valence-electron chi connectivity index (χ1n) is 7.79. The van der Waals surface area contributed by atoms with Crippen molar-refractivity contribution in [1.29, 1.82) is 0 Å². The van der Waals surface area contributed by atoms with Gasteiger partial charge in [-0.05, 0) is 37.5 Å². The van der Waals surface area contributed by atoms with Gasteiger partial charge in [-0.25, -0.2) is 10.3 Å². The molecule has 0 aromatic heterocycles. The van der Waals surface area contributed by atoms with E-state index in [0.29, 0.717) is 19.6 Å². The highest BCUT2D eigenvalue weighted by Gasteiger charge is 2.38. The van der Waals surface area contributed by atoms with Crippen LogP contribution in [0.25, 0.3) is 0 Å². The summed E-state index contributed by atoms with van der Waals surface area (Å²) in [4.78, 5) is 31.6. The third kappa shape index (κ3) is 3.91. The predicted octanol–water partition coefficient (Wildman–Crippen LogP) is 2.38. The zero-order valence-corrected chi connectivity index (χ0v) is 14.3. The Bertz CT molecular complexity index is 589. The fraction of sp³-hybridized carbons (Fsp3) is 0.500. The largest absolute Gasteiger partial charge is 0.350 e. The van der Waals surface area contributed by atoms with E-state index in [2.05, 4.69) is 21.4 Å². The number of hydroxylamine groups is 1. The minimum atomic E-state index is -0.711. The van der Waals surface area contributed by atoms with Crippen molar-refractivity contribution in [2.45, 2.75) is 32.0 Å². The number of benzene rings is 1. The molecule has 2 aliphatic rings. The van der Waals surface area contributed by atoms with E-state index in [1.54, 1.807) is 4.90 Å². The first kappa shape index (κ1) is 16.4. The van der Waals surface area contributed by atoms with Crippen molar-refractivity contribution in [1.82, 2.24) is 5.48 Å². The molecule has 7 heteroatoms. The number of rotatable bonds is 4. The molecular formula is C16H19BrN2O4. The highest BCUT2D eigenvalue weighted by Crippen LogP contribution is 2.27. The first-order valence-corrected chi connectivity index (χ1v) is 8.58. The van der Waals surface area contributed by atoms with Crippen molar-refractivity contribution in [3.63, 3.8) is 0 Å². The van der Waals surface area contributed by atoms with Crippen LogP contribution in [0.15, 0.2) is 28.7 Å². The van der Waals surface area contributed by atoms with E-state index in [1.807, 2.05) is 24.3 Å². The average Bonchev–Trinajstić information content (AvgIpc) is 2.95. The maximum Gasteiger partial charge on any atom is 0.256 e. The van der Waals surface area contributed by atoms with Crippen LogP contribution in [0.3, 0.4) is 0 Å². The third-order valence-corrected chi connectivity index (χ3v) is 4.56. The van der Waals surface area contributed by atoms with Gasteiger partial charge < -0.3 is 9.64 Å². The molecule has 2 amide bonds. The molecule has 23 heavy (non-hydrogen) atoms. The van der Waals surface area contributed by atoms with Crippen molar-refractivity contribution in [3.05, 3.63) is 28.7 Å². The van der Waals surface area contributed by atoms with E-state index in [9.17, 15) is 9.59 Å². The van der Waals surface area contributed by atoms with Gasteiger partial charge in [-0.3, -0.25) is 9.59 Å². The van der Waals surface area contributed by atoms with E-state index in [-0.39, 0.29) is 5.91 Å². The average molecular weight is 383 g/mol. The summed E-state index contributed by atoms with van der Waals surface area (Å²) in [5.41, 5.74) is 3.18. The molecule has 0 aliphatic carbocycles. The molecular weight excluding hydrogens is 364 g/mol. The Morgan fingerprint density at radius 1 is 1.35 bits per heavy atom. The van der Waals surface area contributed by atoms with Gasteiger partial charge in [-0.15, -0.1) is 0 Å². The van der Waals surface area contributed by atoms with Gasteiger partial charge in [0.2, 0.25) is 5.91 Å². The van der Waals surface area contributed by atoms with E-state index >= 15 is 0 Å². The number of carbonyl (C=O) groups is 2. The topological polar surface area (TPSA) is 67.9 Å². The summed E-state index contributed by atoms with van der Waals surface area (Å²) in [6.45, 7) is 1.16. The summed E-state index contributed by atoms with van der Waals surface area (Å²) >= 11 is 3.39. The molecule has 6 nitrogen and oxygen atoms in total. The molecule has 0 spiro atoms. The second-order valence-corrected chi connectivity index (χ2v) is 6.61. The lowest BCUT2D eigenvalue weighted by Gasteiger charge is -2.22. The normalized spacial score (nSPS) is 24.7. The lowest BCUT2D eigenvalue weighted by molar-refractivity contribution is -0.202. The summed E-state index contributed by atoms with van der Waals surface area (Å²) in [5, 5.41) is 0. The molecule has 1 N–H and O–H groups in total. The zero-order chi connectivity index (χ0) is 16.2. The minimum Gasteiger partial charge on any atom is -0.350 e. The van der Waals surface area contributed by atoms with Gasteiger partial charge >= 0.3 is 0 Å². The van der Waals surface area contributed by atoms with Gasteiger partial charge in [0.05, 0.1) is 0 Å². The van der Waals surface area contributed by atoms with Crippen molar-refractivity contribution in [2.75, 3.05) is 18.1 Å². The van der Waals surface area contributed by atoms with Crippen molar-refractivity contribution in [2.24, 2.45) is 5.92 Å². The molecule has 3 rings (SSSR count). The fourth-order valence-electron chi connectivity index (χ4n) is 2.82. The molecule has 2 saturated heterocycles. The van der Waals surface area contributed by atoms with Crippen molar-refractivity contribution >= 4 is 33.4 Å². The zero-order valence-electron chi connectivity index (χ0n) is 12.7. The Morgan fingerprint density at radius 3 is 2.96 bits per heavy atom. The third-order valence-electron chi connectivity index (χ3n) is 4.07. The Morgan fingerprint density at radius 2 is 2.22 bits per heavy atom. The number of halogens is 1. The molecule has 2 aliphatic heterocycles. The standard InChI is InChI=1S/C16H19BrN2O4/c17-11-4-3-5-12(10-11)19-8-7-13(16(19)21)15(20)18-23-14-6-1-2-9-22-14/h3-5,10,13-14H,1-2,6-9H2,(H,18,20)/t13-,14-/m0/s1. The van der Waals surface area contributed by atoms with Crippen LogP contribution in [0.1, 0.15) is 25.7 Å². The lowest BCUT2D eigenvalue weighted by Crippen LogP contribution is -2.39. The Balaban J connectivity index is 1.56. The number of ether oxygens (including phenoxy) is 1. The Labute approximate surface area is 143 Å². The maximum atomic E-state index is 12.5. The number of amides is 2. The first-order chi connectivity index (χ1) is 11.1. The van der Waals surface area contributed by atoms with Gasteiger partial charge in [0.25, 0.3) is 5.91 Å². The SMILES string of the molecule is O=C(NO[C@H]1CCCCO1)[C@@H]1CCN(c2cccc(Br)c2)C1=O. The predicted molar refractivity (Wildman–Crippen MR) is 87.4 cm³/mol. The number of hydrogen-bond acceptors (Lipinski definition) is 4. The summed E-state index contributed by atoms with van der Waals surface area (Å²) in [6.07, 6.45) is 2.84. The maximum absolute atomic E-state index is 12.5. The van der Waals surface area contributed by atoms with Crippen molar-refractivity contribution in [3.8, 4) is 0 Å². The van der Waals surface area contributed by atoms with Gasteiger partial charge in [-0.1, -0.05) is 22.0 Å². The van der Waals surface area contributed by atoms with Gasteiger partial charge in [0.15, 0.2) is 6.29 Å². The number of carbonyl (C=O) groups excluding carboxylic acids is 2. The van der Waals surface area contributed by atoms with Crippen LogP contribution in [0.5, 0.6) is 0 Å². The van der Waals surface area contributed by atoms with Gasteiger partial charge in [0, 0.05) is 29.7 Å². The number of anilines is 1. The van der Waals surface area contributed by atoms with E-state index in [0.717, 1.165) is 29.4 Å². The molecule has 1 aromatic rings. The summed E-state index contributed by atoms with van der Waals surface area (Å²) in [5.74, 6) is -1.31. The summed E-state index contributed by atoms with van der Waals surface area (Å²) in [6, 6.07) is 7.48.